The van der Waals surface area contributed by atoms with E-state index in [0.717, 1.165) is 5.56 Å². The number of carbonyl (C=O) groups excluding carboxylic acids is 1. The molecule has 7 nitrogen and oxygen atoms in total. The first-order valence-corrected chi connectivity index (χ1v) is 10.5. The van der Waals surface area contributed by atoms with Gasteiger partial charge in [-0.05, 0) is 53.9 Å². The van der Waals surface area contributed by atoms with Crippen LogP contribution in [0.25, 0.3) is 0 Å². The molecule has 2 atom stereocenters. The Balaban J connectivity index is 1.58. The van der Waals surface area contributed by atoms with Gasteiger partial charge in [0.05, 0.1) is 19.8 Å². The van der Waals surface area contributed by atoms with Crippen molar-refractivity contribution < 1.29 is 24.5 Å². The van der Waals surface area contributed by atoms with Crippen molar-refractivity contribution in [2.45, 2.75) is 18.6 Å². The van der Waals surface area contributed by atoms with Gasteiger partial charge in [-0.15, -0.1) is 0 Å². The number of aliphatic hydroxyl groups is 2. The van der Waals surface area contributed by atoms with E-state index in [1.165, 1.54) is 13.3 Å². The van der Waals surface area contributed by atoms with Crippen molar-refractivity contribution in [1.29, 1.82) is 0 Å². The molecule has 2 unspecified atom stereocenters. The van der Waals surface area contributed by atoms with Crippen molar-refractivity contribution in [3.05, 3.63) is 88.6 Å². The fourth-order valence-corrected chi connectivity index (χ4v) is 3.34. The first-order valence-electron chi connectivity index (χ1n) is 10.1. The van der Waals surface area contributed by atoms with E-state index in [1.807, 2.05) is 12.1 Å². The topological polar surface area (TPSA) is 101 Å². The van der Waals surface area contributed by atoms with Gasteiger partial charge in [-0.25, -0.2) is 9.78 Å². The number of hydrogen-bond donors (Lipinski definition) is 3. The molecule has 0 aliphatic rings. The highest BCUT2D eigenvalue weighted by Crippen LogP contribution is 2.24. The summed E-state index contributed by atoms with van der Waals surface area (Å²) in [5.41, 5.74) is 1.92. The summed E-state index contributed by atoms with van der Waals surface area (Å²) >= 11 is 5.97. The second-order valence-electron chi connectivity index (χ2n) is 7.16. The molecule has 3 N–H and O–H groups in total. The number of aromatic nitrogens is 1. The number of benzene rings is 2. The molecule has 2 aromatic carbocycles. The summed E-state index contributed by atoms with van der Waals surface area (Å²) in [6, 6.07) is 17.3. The Morgan fingerprint density at radius 3 is 2.62 bits per heavy atom. The second kappa shape index (κ2) is 11.6. The van der Waals surface area contributed by atoms with Gasteiger partial charge in [-0.3, -0.25) is 0 Å². The number of carbonyl (C=O) groups is 1. The highest BCUT2D eigenvalue weighted by molar-refractivity contribution is 6.30. The van der Waals surface area contributed by atoms with Crippen molar-refractivity contribution >= 4 is 17.6 Å². The van der Waals surface area contributed by atoms with E-state index in [4.69, 9.17) is 21.1 Å². The molecular formula is C24H25ClN2O5. The van der Waals surface area contributed by atoms with Crippen molar-refractivity contribution in [1.82, 2.24) is 10.3 Å². The maximum atomic E-state index is 11.9. The summed E-state index contributed by atoms with van der Waals surface area (Å²) < 4.78 is 10.5. The van der Waals surface area contributed by atoms with Crippen LogP contribution in [0.1, 0.15) is 27.6 Å². The van der Waals surface area contributed by atoms with Gasteiger partial charge in [-0.2, -0.15) is 0 Å². The summed E-state index contributed by atoms with van der Waals surface area (Å²) in [5, 5.41) is 23.8. The minimum Gasteiger partial charge on any atom is -0.465 e. The number of pyridine rings is 1. The molecule has 3 aromatic rings. The lowest BCUT2D eigenvalue weighted by Crippen LogP contribution is -2.37. The van der Waals surface area contributed by atoms with Crippen LogP contribution < -0.4 is 10.1 Å². The third-order valence-electron chi connectivity index (χ3n) is 4.85. The molecule has 0 aliphatic carbocycles. The van der Waals surface area contributed by atoms with Crippen LogP contribution in [-0.4, -0.2) is 47.5 Å². The van der Waals surface area contributed by atoms with E-state index in [9.17, 15) is 15.0 Å². The molecule has 0 bridgehead atoms. The average Bonchev–Trinajstić information content (AvgIpc) is 2.82. The van der Waals surface area contributed by atoms with Gasteiger partial charge in [0, 0.05) is 23.8 Å². The maximum Gasteiger partial charge on any atom is 0.343 e. The monoisotopic (exact) mass is 456 g/mol. The average molecular weight is 457 g/mol. The third kappa shape index (κ3) is 6.51. The molecule has 0 fully saturated rings. The number of hydrogen-bond acceptors (Lipinski definition) is 7. The van der Waals surface area contributed by atoms with Crippen LogP contribution in [0, 0.1) is 0 Å². The fraction of sp³-hybridized carbons (Fsp3) is 0.250. The molecule has 1 aromatic heterocycles. The first-order chi connectivity index (χ1) is 15.5. The number of nitrogens with zero attached hydrogens (tertiary/aromatic N) is 1. The van der Waals surface area contributed by atoms with Crippen LogP contribution in [0.3, 0.4) is 0 Å². The van der Waals surface area contributed by atoms with E-state index < -0.39 is 12.1 Å². The predicted molar refractivity (Wildman–Crippen MR) is 121 cm³/mol. The van der Waals surface area contributed by atoms with Crippen LogP contribution in [0.15, 0.2) is 66.9 Å². The Hall–Kier alpha value is -2.97. The summed E-state index contributed by atoms with van der Waals surface area (Å²) in [4.78, 5) is 16.0. The first kappa shape index (κ1) is 23.7. The molecule has 0 saturated carbocycles. The molecule has 1 heterocycles. The number of methoxy groups -OCH3 is 1. The van der Waals surface area contributed by atoms with Gasteiger partial charge in [0.25, 0.3) is 0 Å². The molecule has 0 spiro atoms. The Morgan fingerprint density at radius 1 is 1.16 bits per heavy atom. The smallest absolute Gasteiger partial charge is 0.343 e. The van der Waals surface area contributed by atoms with Gasteiger partial charge in [0.15, 0.2) is 0 Å². The molecule has 8 heteroatoms. The molecule has 32 heavy (non-hydrogen) atoms. The molecule has 0 amide bonds. The van der Waals surface area contributed by atoms with E-state index >= 15 is 0 Å². The maximum absolute atomic E-state index is 11.9. The normalized spacial score (nSPS) is 12.8. The van der Waals surface area contributed by atoms with Gasteiger partial charge < -0.3 is 25.0 Å². The largest absolute Gasteiger partial charge is 0.465 e. The standard InChI is InChI=1S/C24H25ClN2O5/c1-31-24(30)21-6-3-11-26-23(21)32-20-9-7-16(8-10-20)12-19(15-28)27-14-22(29)17-4-2-5-18(25)13-17/h2-11,13,19,22,27-29H,12,14-15H2,1H3. The van der Waals surface area contributed by atoms with Crippen LogP contribution in [0.4, 0.5) is 0 Å². The Bertz CT molecular complexity index is 1030. The van der Waals surface area contributed by atoms with Crippen LogP contribution >= 0.6 is 11.6 Å². The zero-order valence-corrected chi connectivity index (χ0v) is 18.3. The summed E-state index contributed by atoms with van der Waals surface area (Å²) in [7, 11) is 1.30. The van der Waals surface area contributed by atoms with Crippen LogP contribution in [-0.2, 0) is 11.2 Å². The minimum absolute atomic E-state index is 0.0864. The quantitative estimate of drug-likeness (QED) is 0.401. The molecule has 0 radical (unpaired) electrons. The van der Waals surface area contributed by atoms with Crippen molar-refractivity contribution in [2.24, 2.45) is 0 Å². The third-order valence-corrected chi connectivity index (χ3v) is 5.09. The van der Waals surface area contributed by atoms with E-state index in [1.54, 1.807) is 48.5 Å². The fourth-order valence-electron chi connectivity index (χ4n) is 3.14. The Labute approximate surface area is 191 Å². The number of esters is 1. The zero-order valence-electron chi connectivity index (χ0n) is 17.6. The summed E-state index contributed by atoms with van der Waals surface area (Å²) in [5.74, 6) is 0.154. The van der Waals surface area contributed by atoms with E-state index in [2.05, 4.69) is 10.3 Å². The zero-order chi connectivity index (χ0) is 22.9. The van der Waals surface area contributed by atoms with Crippen LogP contribution in [0.5, 0.6) is 11.6 Å². The minimum atomic E-state index is -0.735. The number of halogens is 1. The molecule has 3 rings (SSSR count). The SMILES string of the molecule is COC(=O)c1cccnc1Oc1ccc(CC(CO)NCC(O)c2cccc(Cl)c2)cc1. The predicted octanol–water partition coefficient (Wildman–Crippen LogP) is 3.54. The van der Waals surface area contributed by atoms with Gasteiger partial charge in [0.2, 0.25) is 5.88 Å². The van der Waals surface area contributed by atoms with Crippen molar-refractivity contribution in [3.8, 4) is 11.6 Å². The van der Waals surface area contributed by atoms with Crippen LogP contribution in [0.2, 0.25) is 5.02 Å². The molecule has 168 valence electrons. The molecule has 0 aliphatic heterocycles. The van der Waals surface area contributed by atoms with Gasteiger partial charge >= 0.3 is 5.97 Å². The molecule has 0 saturated heterocycles. The Morgan fingerprint density at radius 2 is 1.94 bits per heavy atom. The van der Waals surface area contributed by atoms with E-state index in [-0.39, 0.29) is 30.6 Å². The molecular weight excluding hydrogens is 432 g/mol. The number of aliphatic hydroxyl groups excluding tert-OH is 2. The second-order valence-corrected chi connectivity index (χ2v) is 7.59. The van der Waals surface area contributed by atoms with E-state index in [0.29, 0.717) is 22.8 Å². The van der Waals surface area contributed by atoms with Crippen molar-refractivity contribution in [3.63, 3.8) is 0 Å². The summed E-state index contributed by atoms with van der Waals surface area (Å²) in [6.07, 6.45) is 1.35. The summed E-state index contributed by atoms with van der Waals surface area (Å²) in [6.45, 7) is 0.194. The highest BCUT2D eigenvalue weighted by atomic mass is 35.5. The van der Waals surface area contributed by atoms with Gasteiger partial charge in [0.1, 0.15) is 11.3 Å². The Kier molecular flexibility index (Phi) is 8.58. The number of nitrogens with one attached hydrogen (secondary N) is 1. The number of ether oxygens (including phenoxy) is 2. The lowest BCUT2D eigenvalue weighted by molar-refractivity contribution is 0.0597. The highest BCUT2D eigenvalue weighted by Gasteiger charge is 2.15. The lowest BCUT2D eigenvalue weighted by atomic mass is 10.1. The van der Waals surface area contributed by atoms with Gasteiger partial charge in [-0.1, -0.05) is 35.9 Å². The number of rotatable bonds is 10. The lowest BCUT2D eigenvalue weighted by Gasteiger charge is -2.19. The van der Waals surface area contributed by atoms with Crippen molar-refractivity contribution in [2.75, 3.05) is 20.3 Å².